The molecular weight excluding hydrogens is 342 g/mol. The van der Waals surface area contributed by atoms with Gasteiger partial charge in [0.25, 0.3) is 5.91 Å². The standard InChI is InChI=1S/C21H25N3O3/c1-14(2)21(20(26)27)10-11-23(13-21)19(25)17-12-22-24(18(17)15-8-9-15)16-6-4-3-5-7-16/h3-7,12,14-15H,8-11,13H2,1-2H3,(H,26,27). The van der Waals surface area contributed by atoms with E-state index in [0.29, 0.717) is 24.4 Å². The fourth-order valence-electron chi connectivity index (χ4n) is 4.12. The molecule has 2 heterocycles. The van der Waals surface area contributed by atoms with E-state index in [0.717, 1.165) is 24.2 Å². The number of carbonyl (C=O) groups is 2. The van der Waals surface area contributed by atoms with Crippen molar-refractivity contribution < 1.29 is 14.7 Å². The molecule has 1 amide bonds. The van der Waals surface area contributed by atoms with Crippen LogP contribution < -0.4 is 0 Å². The van der Waals surface area contributed by atoms with E-state index in [2.05, 4.69) is 5.10 Å². The van der Waals surface area contributed by atoms with E-state index in [9.17, 15) is 14.7 Å². The lowest BCUT2D eigenvalue weighted by Crippen LogP contribution is -2.40. The van der Waals surface area contributed by atoms with Crippen molar-refractivity contribution in [2.45, 2.75) is 39.0 Å². The van der Waals surface area contributed by atoms with Gasteiger partial charge < -0.3 is 10.0 Å². The summed E-state index contributed by atoms with van der Waals surface area (Å²) in [6.07, 6.45) is 4.27. The molecule has 0 bridgehead atoms. The molecule has 1 atom stereocenters. The lowest BCUT2D eigenvalue weighted by Gasteiger charge is -2.28. The van der Waals surface area contributed by atoms with Gasteiger partial charge in [0.05, 0.1) is 28.6 Å². The molecule has 2 aliphatic rings. The summed E-state index contributed by atoms with van der Waals surface area (Å²) in [5, 5.41) is 14.3. The summed E-state index contributed by atoms with van der Waals surface area (Å²) in [5.74, 6) is -0.579. The van der Waals surface area contributed by atoms with Crippen LogP contribution in [0, 0.1) is 11.3 Å². The average molecular weight is 367 g/mol. The quantitative estimate of drug-likeness (QED) is 0.880. The molecule has 1 N–H and O–H groups in total. The van der Waals surface area contributed by atoms with Crippen LogP contribution in [0.15, 0.2) is 36.5 Å². The van der Waals surface area contributed by atoms with E-state index in [1.165, 1.54) is 0 Å². The second-order valence-electron chi connectivity index (χ2n) is 8.06. The summed E-state index contributed by atoms with van der Waals surface area (Å²) in [5.41, 5.74) is 1.67. The van der Waals surface area contributed by atoms with E-state index < -0.39 is 11.4 Å². The van der Waals surface area contributed by atoms with Gasteiger partial charge in [0.15, 0.2) is 0 Å². The van der Waals surface area contributed by atoms with Gasteiger partial charge >= 0.3 is 5.97 Å². The summed E-state index contributed by atoms with van der Waals surface area (Å²) in [4.78, 5) is 26.8. The monoisotopic (exact) mass is 367 g/mol. The van der Waals surface area contributed by atoms with Gasteiger partial charge in [-0.15, -0.1) is 0 Å². The number of hydrogen-bond donors (Lipinski definition) is 1. The molecule has 1 aliphatic carbocycles. The Morgan fingerprint density at radius 1 is 1.22 bits per heavy atom. The van der Waals surface area contributed by atoms with Crippen LogP contribution in [0.2, 0.25) is 0 Å². The molecule has 4 rings (SSSR count). The first-order chi connectivity index (χ1) is 12.9. The van der Waals surface area contributed by atoms with Gasteiger partial charge in [-0.2, -0.15) is 5.10 Å². The van der Waals surface area contributed by atoms with Crippen LogP contribution >= 0.6 is 0 Å². The normalized spacial score (nSPS) is 22.4. The highest BCUT2D eigenvalue weighted by atomic mass is 16.4. The van der Waals surface area contributed by atoms with Crippen LogP contribution in [0.25, 0.3) is 5.69 Å². The first-order valence-electron chi connectivity index (χ1n) is 9.60. The van der Waals surface area contributed by atoms with Crippen molar-refractivity contribution in [3.63, 3.8) is 0 Å². The number of carboxylic acids is 1. The van der Waals surface area contributed by atoms with Gasteiger partial charge in [-0.1, -0.05) is 32.0 Å². The van der Waals surface area contributed by atoms with Gasteiger partial charge in [-0.3, -0.25) is 9.59 Å². The molecule has 1 unspecified atom stereocenters. The Bertz CT molecular complexity index is 870. The van der Waals surface area contributed by atoms with Crippen LogP contribution in [0.4, 0.5) is 0 Å². The van der Waals surface area contributed by atoms with Crippen LogP contribution in [-0.2, 0) is 4.79 Å². The molecule has 2 fully saturated rings. The number of likely N-dealkylation sites (tertiary alicyclic amines) is 1. The van der Waals surface area contributed by atoms with Crippen molar-refractivity contribution in [2.75, 3.05) is 13.1 Å². The third kappa shape index (κ3) is 2.93. The smallest absolute Gasteiger partial charge is 0.311 e. The molecule has 1 saturated heterocycles. The van der Waals surface area contributed by atoms with E-state index in [4.69, 9.17) is 0 Å². The summed E-state index contributed by atoms with van der Waals surface area (Å²) in [7, 11) is 0. The second kappa shape index (κ2) is 6.51. The topological polar surface area (TPSA) is 75.4 Å². The number of rotatable bonds is 5. The maximum Gasteiger partial charge on any atom is 0.311 e. The Morgan fingerprint density at radius 3 is 2.48 bits per heavy atom. The number of benzene rings is 1. The number of carboxylic acid groups (broad SMARTS) is 1. The number of nitrogens with zero attached hydrogens (tertiary/aromatic N) is 3. The molecule has 6 nitrogen and oxygen atoms in total. The van der Waals surface area contributed by atoms with Gasteiger partial charge in [-0.25, -0.2) is 4.68 Å². The van der Waals surface area contributed by atoms with E-state index in [1.54, 1.807) is 11.1 Å². The Balaban J connectivity index is 1.66. The van der Waals surface area contributed by atoms with Gasteiger partial charge in [0.1, 0.15) is 0 Å². The summed E-state index contributed by atoms with van der Waals surface area (Å²) in [6, 6.07) is 9.84. The molecular formula is C21H25N3O3. The van der Waals surface area contributed by atoms with Gasteiger partial charge in [-0.05, 0) is 37.3 Å². The Hall–Kier alpha value is -2.63. The zero-order valence-electron chi connectivity index (χ0n) is 15.8. The number of para-hydroxylation sites is 1. The minimum atomic E-state index is -0.856. The maximum atomic E-state index is 13.3. The molecule has 1 aromatic carbocycles. The fraction of sp³-hybridized carbons (Fsp3) is 0.476. The van der Waals surface area contributed by atoms with E-state index in [-0.39, 0.29) is 18.4 Å². The van der Waals surface area contributed by atoms with Crippen molar-refractivity contribution in [3.05, 3.63) is 47.8 Å². The molecule has 6 heteroatoms. The van der Waals surface area contributed by atoms with Crippen molar-refractivity contribution in [1.82, 2.24) is 14.7 Å². The minimum absolute atomic E-state index is 0.0252. The highest BCUT2D eigenvalue weighted by molar-refractivity contribution is 5.96. The van der Waals surface area contributed by atoms with Gasteiger partial charge in [0.2, 0.25) is 0 Å². The van der Waals surface area contributed by atoms with Crippen LogP contribution in [0.5, 0.6) is 0 Å². The molecule has 1 aromatic heterocycles. The zero-order valence-corrected chi connectivity index (χ0v) is 15.8. The lowest BCUT2D eigenvalue weighted by atomic mass is 9.76. The largest absolute Gasteiger partial charge is 0.481 e. The highest BCUT2D eigenvalue weighted by Gasteiger charge is 2.49. The number of hydrogen-bond acceptors (Lipinski definition) is 3. The number of amides is 1. The average Bonchev–Trinajstić information content (AvgIpc) is 3.22. The number of aliphatic carboxylic acids is 1. The summed E-state index contributed by atoms with van der Waals surface area (Å²) >= 11 is 0. The third-order valence-electron chi connectivity index (χ3n) is 6.12. The molecule has 0 radical (unpaired) electrons. The Morgan fingerprint density at radius 2 is 1.93 bits per heavy atom. The Kier molecular flexibility index (Phi) is 4.29. The fourth-order valence-corrected chi connectivity index (χ4v) is 4.12. The minimum Gasteiger partial charge on any atom is -0.481 e. The van der Waals surface area contributed by atoms with Gasteiger partial charge in [0, 0.05) is 19.0 Å². The van der Waals surface area contributed by atoms with Crippen LogP contribution in [0.1, 0.15) is 55.1 Å². The van der Waals surface area contributed by atoms with E-state index >= 15 is 0 Å². The van der Waals surface area contributed by atoms with Crippen molar-refractivity contribution in [2.24, 2.45) is 11.3 Å². The maximum absolute atomic E-state index is 13.3. The summed E-state index contributed by atoms with van der Waals surface area (Å²) < 4.78 is 1.87. The second-order valence-corrected chi connectivity index (χ2v) is 8.06. The number of carbonyl (C=O) groups excluding carboxylic acids is 1. The lowest BCUT2D eigenvalue weighted by molar-refractivity contribution is -0.150. The molecule has 0 spiro atoms. The van der Waals surface area contributed by atoms with Crippen molar-refractivity contribution in [3.8, 4) is 5.69 Å². The molecule has 2 aromatic rings. The number of aromatic nitrogens is 2. The predicted octanol–water partition coefficient (Wildman–Crippen LogP) is 3.32. The third-order valence-corrected chi connectivity index (χ3v) is 6.12. The van der Waals surface area contributed by atoms with Crippen molar-refractivity contribution in [1.29, 1.82) is 0 Å². The Labute approximate surface area is 158 Å². The molecule has 27 heavy (non-hydrogen) atoms. The van der Waals surface area contributed by atoms with Crippen LogP contribution in [-0.4, -0.2) is 44.8 Å². The molecule has 1 saturated carbocycles. The SMILES string of the molecule is CC(C)C1(C(=O)O)CCN(C(=O)c2cnn(-c3ccccc3)c2C2CC2)C1. The van der Waals surface area contributed by atoms with Crippen molar-refractivity contribution >= 4 is 11.9 Å². The molecule has 1 aliphatic heterocycles. The highest BCUT2D eigenvalue weighted by Crippen LogP contribution is 2.44. The van der Waals surface area contributed by atoms with E-state index in [1.807, 2.05) is 48.9 Å². The molecule has 142 valence electrons. The first-order valence-corrected chi connectivity index (χ1v) is 9.60. The predicted molar refractivity (Wildman–Crippen MR) is 101 cm³/mol. The zero-order chi connectivity index (χ0) is 19.2. The summed E-state index contributed by atoms with van der Waals surface area (Å²) in [6.45, 7) is 4.58. The van der Waals surface area contributed by atoms with Crippen LogP contribution in [0.3, 0.4) is 0 Å². The first kappa shape index (κ1) is 17.8.